The second-order valence-electron chi connectivity index (χ2n) is 3.88. The first-order valence-corrected chi connectivity index (χ1v) is 8.23. The second-order valence-corrected chi connectivity index (χ2v) is 6.51. The van der Waals surface area contributed by atoms with Crippen LogP contribution in [0.5, 0.6) is 5.75 Å². The highest BCUT2D eigenvalue weighted by molar-refractivity contribution is 7.98. The van der Waals surface area contributed by atoms with Crippen LogP contribution < -0.4 is 15.2 Å². The molecular formula is C11H18N2O3S2. The predicted octanol–water partition coefficient (Wildman–Crippen LogP) is 1.31. The zero-order valence-electron chi connectivity index (χ0n) is 10.6. The first kappa shape index (κ1) is 15.1. The molecule has 0 heterocycles. The molecule has 1 atom stereocenters. The Morgan fingerprint density at radius 3 is 2.67 bits per heavy atom. The van der Waals surface area contributed by atoms with E-state index in [4.69, 9.17) is 10.5 Å². The summed E-state index contributed by atoms with van der Waals surface area (Å²) in [5, 5.41) is 0. The maximum absolute atomic E-state index is 12.1. The van der Waals surface area contributed by atoms with Gasteiger partial charge < -0.3 is 10.5 Å². The van der Waals surface area contributed by atoms with Gasteiger partial charge in [-0.15, -0.1) is 0 Å². The third-order valence-electron chi connectivity index (χ3n) is 2.28. The minimum absolute atomic E-state index is 0.131. The highest BCUT2D eigenvalue weighted by Crippen LogP contribution is 2.24. The van der Waals surface area contributed by atoms with E-state index in [-0.39, 0.29) is 10.9 Å². The van der Waals surface area contributed by atoms with E-state index < -0.39 is 10.0 Å². The molecule has 0 radical (unpaired) electrons. The van der Waals surface area contributed by atoms with Crippen LogP contribution in [0.4, 0.5) is 5.69 Å². The summed E-state index contributed by atoms with van der Waals surface area (Å²) >= 11 is 1.58. The molecule has 1 aromatic carbocycles. The van der Waals surface area contributed by atoms with Crippen molar-refractivity contribution in [2.75, 3.05) is 24.9 Å². The van der Waals surface area contributed by atoms with Crippen LogP contribution >= 0.6 is 11.8 Å². The van der Waals surface area contributed by atoms with Crippen molar-refractivity contribution in [3.05, 3.63) is 18.2 Å². The van der Waals surface area contributed by atoms with Crippen LogP contribution in [0.1, 0.15) is 6.92 Å². The van der Waals surface area contributed by atoms with E-state index in [0.29, 0.717) is 17.2 Å². The molecule has 3 N–H and O–H groups in total. The van der Waals surface area contributed by atoms with Gasteiger partial charge in [0.1, 0.15) is 5.75 Å². The minimum atomic E-state index is -3.53. The minimum Gasteiger partial charge on any atom is -0.495 e. The number of hydrogen-bond donors (Lipinski definition) is 2. The number of nitrogens with two attached hydrogens (primary N) is 1. The summed E-state index contributed by atoms with van der Waals surface area (Å²) < 4.78 is 31.7. The van der Waals surface area contributed by atoms with Gasteiger partial charge in [-0.25, -0.2) is 13.1 Å². The second kappa shape index (κ2) is 6.31. The standard InChI is InChI=1S/C11H18N2O3S2/c1-8(7-17-3)13-18(14,15)9-4-5-11(16-2)10(12)6-9/h4-6,8,13H,7,12H2,1-3H3. The number of nitrogen functional groups attached to an aromatic ring is 1. The topological polar surface area (TPSA) is 81.4 Å². The van der Waals surface area contributed by atoms with Crippen LogP contribution in [-0.2, 0) is 10.0 Å². The molecule has 5 nitrogen and oxygen atoms in total. The number of benzene rings is 1. The van der Waals surface area contributed by atoms with E-state index in [1.807, 2.05) is 13.2 Å². The molecule has 0 fully saturated rings. The monoisotopic (exact) mass is 290 g/mol. The molecule has 102 valence electrons. The summed E-state index contributed by atoms with van der Waals surface area (Å²) in [7, 11) is -2.04. The van der Waals surface area contributed by atoms with E-state index >= 15 is 0 Å². The molecular weight excluding hydrogens is 272 g/mol. The zero-order chi connectivity index (χ0) is 13.8. The average molecular weight is 290 g/mol. The largest absolute Gasteiger partial charge is 0.495 e. The number of ether oxygens (including phenoxy) is 1. The van der Waals surface area contributed by atoms with Crippen LogP contribution in [0.2, 0.25) is 0 Å². The molecule has 0 bridgehead atoms. The lowest BCUT2D eigenvalue weighted by Gasteiger charge is -2.14. The van der Waals surface area contributed by atoms with Gasteiger partial charge in [0.25, 0.3) is 0 Å². The summed E-state index contributed by atoms with van der Waals surface area (Å²) in [4.78, 5) is 0.147. The van der Waals surface area contributed by atoms with E-state index in [9.17, 15) is 8.42 Å². The molecule has 18 heavy (non-hydrogen) atoms. The maximum Gasteiger partial charge on any atom is 0.240 e. The maximum atomic E-state index is 12.1. The number of nitrogens with one attached hydrogen (secondary N) is 1. The Kier molecular flexibility index (Phi) is 5.30. The lowest BCUT2D eigenvalue weighted by Crippen LogP contribution is -2.34. The Balaban J connectivity index is 2.95. The first-order valence-electron chi connectivity index (χ1n) is 5.35. The van der Waals surface area contributed by atoms with Crippen molar-refractivity contribution in [3.63, 3.8) is 0 Å². The number of sulfonamides is 1. The lowest BCUT2D eigenvalue weighted by molar-refractivity contribution is 0.416. The molecule has 0 aliphatic heterocycles. The number of methoxy groups -OCH3 is 1. The molecule has 0 aromatic heterocycles. The van der Waals surface area contributed by atoms with Gasteiger partial charge in [-0.05, 0) is 31.4 Å². The first-order chi connectivity index (χ1) is 8.40. The summed E-state index contributed by atoms with van der Waals surface area (Å²) in [6, 6.07) is 4.28. The molecule has 1 aromatic rings. The summed E-state index contributed by atoms with van der Waals surface area (Å²) in [6.45, 7) is 1.82. The van der Waals surface area contributed by atoms with Gasteiger partial charge in [0, 0.05) is 11.8 Å². The van der Waals surface area contributed by atoms with Gasteiger partial charge in [-0.2, -0.15) is 11.8 Å². The van der Waals surface area contributed by atoms with E-state index in [1.54, 1.807) is 17.8 Å². The lowest BCUT2D eigenvalue weighted by atomic mass is 10.3. The Morgan fingerprint density at radius 1 is 1.50 bits per heavy atom. The Hall–Kier alpha value is -0.920. The van der Waals surface area contributed by atoms with Crippen LogP contribution in [0.3, 0.4) is 0 Å². The predicted molar refractivity (Wildman–Crippen MR) is 75.6 cm³/mol. The van der Waals surface area contributed by atoms with Crippen LogP contribution in [0, 0.1) is 0 Å². The molecule has 0 saturated carbocycles. The molecule has 1 rings (SSSR count). The van der Waals surface area contributed by atoms with Gasteiger partial charge in [-0.3, -0.25) is 0 Å². The number of rotatable bonds is 6. The van der Waals surface area contributed by atoms with E-state index in [1.165, 1.54) is 19.2 Å². The van der Waals surface area contributed by atoms with Crippen LogP contribution in [0.25, 0.3) is 0 Å². The number of hydrogen-bond acceptors (Lipinski definition) is 5. The highest BCUT2D eigenvalue weighted by atomic mass is 32.2. The number of thioether (sulfide) groups is 1. The third kappa shape index (κ3) is 3.79. The normalized spacial score (nSPS) is 13.3. The van der Waals surface area contributed by atoms with Crippen LogP contribution in [-0.4, -0.2) is 33.6 Å². The number of anilines is 1. The summed E-state index contributed by atoms with van der Waals surface area (Å²) in [6.07, 6.45) is 1.93. The van der Waals surface area contributed by atoms with Gasteiger partial charge >= 0.3 is 0 Å². The fourth-order valence-electron chi connectivity index (χ4n) is 1.50. The van der Waals surface area contributed by atoms with Gasteiger partial charge in [0.15, 0.2) is 0 Å². The highest BCUT2D eigenvalue weighted by Gasteiger charge is 2.18. The zero-order valence-corrected chi connectivity index (χ0v) is 12.3. The molecule has 0 spiro atoms. The fourth-order valence-corrected chi connectivity index (χ4v) is 3.46. The van der Waals surface area contributed by atoms with Crippen molar-refractivity contribution >= 4 is 27.5 Å². The summed E-state index contributed by atoms with van der Waals surface area (Å²) in [5.74, 6) is 1.18. The van der Waals surface area contributed by atoms with Gasteiger partial charge in [0.2, 0.25) is 10.0 Å². The van der Waals surface area contributed by atoms with Crippen molar-refractivity contribution < 1.29 is 13.2 Å². The van der Waals surface area contributed by atoms with Crippen molar-refractivity contribution in [3.8, 4) is 5.75 Å². The molecule has 0 aliphatic carbocycles. The van der Waals surface area contributed by atoms with Crippen molar-refractivity contribution in [2.24, 2.45) is 0 Å². The molecule has 1 unspecified atom stereocenters. The fraction of sp³-hybridized carbons (Fsp3) is 0.455. The third-order valence-corrected chi connectivity index (χ3v) is 4.71. The SMILES string of the molecule is COc1ccc(S(=O)(=O)NC(C)CSC)cc1N. The Morgan fingerprint density at radius 2 is 2.17 bits per heavy atom. The van der Waals surface area contributed by atoms with Crippen molar-refractivity contribution in [2.45, 2.75) is 17.9 Å². The van der Waals surface area contributed by atoms with E-state index in [2.05, 4.69) is 4.72 Å². The molecule has 0 saturated heterocycles. The Bertz CT molecular complexity index is 503. The smallest absolute Gasteiger partial charge is 0.240 e. The van der Waals surface area contributed by atoms with Gasteiger partial charge in [-0.1, -0.05) is 0 Å². The van der Waals surface area contributed by atoms with Gasteiger partial charge in [0.05, 0.1) is 17.7 Å². The molecule has 7 heteroatoms. The quantitative estimate of drug-likeness (QED) is 0.772. The van der Waals surface area contributed by atoms with Crippen LogP contribution in [0.15, 0.2) is 23.1 Å². The van der Waals surface area contributed by atoms with Crippen molar-refractivity contribution in [1.29, 1.82) is 0 Å². The van der Waals surface area contributed by atoms with E-state index in [0.717, 1.165) is 0 Å². The molecule has 0 aliphatic rings. The average Bonchev–Trinajstić information content (AvgIpc) is 2.28. The van der Waals surface area contributed by atoms with Crippen molar-refractivity contribution in [1.82, 2.24) is 4.72 Å². The molecule has 0 amide bonds. The Labute approximate surface area is 112 Å². The summed E-state index contributed by atoms with van der Waals surface area (Å²) in [5.41, 5.74) is 6.00.